The van der Waals surface area contributed by atoms with Gasteiger partial charge in [0.25, 0.3) is 5.91 Å². The molecule has 2 saturated heterocycles. The molecule has 0 atom stereocenters. The van der Waals surface area contributed by atoms with Crippen LogP contribution in [0.5, 0.6) is 5.75 Å². The minimum atomic E-state index is -4.64. The van der Waals surface area contributed by atoms with E-state index in [0.717, 1.165) is 6.07 Å². The maximum absolute atomic E-state index is 13.8. The molecule has 0 radical (unpaired) electrons. The Morgan fingerprint density at radius 3 is 2.55 bits per heavy atom. The van der Waals surface area contributed by atoms with Crippen molar-refractivity contribution in [1.82, 2.24) is 19.9 Å². The highest BCUT2D eigenvalue weighted by Crippen LogP contribution is 2.41. The molecule has 2 aliphatic heterocycles. The summed E-state index contributed by atoms with van der Waals surface area (Å²) >= 11 is 1.18. The third-order valence-corrected chi connectivity index (χ3v) is 8.56. The summed E-state index contributed by atoms with van der Waals surface area (Å²) in [7, 11) is 1.18. The number of hydrogen-bond donors (Lipinski definition) is 2. The molecule has 236 valence electrons. The first-order valence-corrected chi connectivity index (χ1v) is 14.9. The second-order valence-corrected chi connectivity index (χ2v) is 12.4. The lowest BCUT2D eigenvalue weighted by Gasteiger charge is -2.38. The van der Waals surface area contributed by atoms with Crippen LogP contribution in [0.25, 0.3) is 11.3 Å². The molecule has 5 rings (SSSR count). The number of thiazole rings is 1. The Bertz CT molecular complexity index is 1510. The van der Waals surface area contributed by atoms with Crippen molar-refractivity contribution in [2.75, 3.05) is 50.1 Å². The molecule has 1 amide bonds. The zero-order chi connectivity index (χ0) is 31.6. The number of morpholine rings is 1. The summed E-state index contributed by atoms with van der Waals surface area (Å²) in [6, 6.07) is 3.79. The molecule has 11 nitrogen and oxygen atoms in total. The van der Waals surface area contributed by atoms with Gasteiger partial charge in [0.1, 0.15) is 17.3 Å². The summed E-state index contributed by atoms with van der Waals surface area (Å²) in [6.07, 6.45) is -0.855. The first-order chi connectivity index (χ1) is 20.8. The van der Waals surface area contributed by atoms with Gasteiger partial charge in [-0.2, -0.15) is 13.2 Å². The summed E-state index contributed by atoms with van der Waals surface area (Å²) in [5, 5.41) is 12.1. The topological polar surface area (TPSA) is 130 Å². The van der Waals surface area contributed by atoms with Crippen molar-refractivity contribution in [2.45, 2.75) is 45.0 Å². The first kappa shape index (κ1) is 31.6. The van der Waals surface area contributed by atoms with Gasteiger partial charge in [-0.05, 0) is 44.9 Å². The number of aromatic nitrogens is 3. The number of nitrogens with zero attached hydrogens (tertiary/aromatic N) is 5. The Balaban J connectivity index is 1.38. The van der Waals surface area contributed by atoms with Crippen molar-refractivity contribution in [2.24, 2.45) is 5.92 Å². The second-order valence-electron chi connectivity index (χ2n) is 11.3. The van der Waals surface area contributed by atoms with E-state index < -0.39 is 23.6 Å². The van der Waals surface area contributed by atoms with Gasteiger partial charge in [0, 0.05) is 43.2 Å². The van der Waals surface area contributed by atoms with Crippen LogP contribution in [0.3, 0.4) is 0 Å². The molecule has 2 fully saturated rings. The Kier molecular flexibility index (Phi) is 9.09. The van der Waals surface area contributed by atoms with Crippen LogP contribution in [0.15, 0.2) is 30.6 Å². The fourth-order valence-electron chi connectivity index (χ4n) is 5.39. The maximum atomic E-state index is 13.8. The number of halogens is 3. The molecule has 4 heterocycles. The predicted octanol–water partition coefficient (Wildman–Crippen LogP) is 4.79. The third kappa shape index (κ3) is 7.27. The lowest BCUT2D eigenvalue weighted by atomic mass is 9.97. The Labute approximate surface area is 256 Å². The number of piperidine rings is 1. The minimum absolute atomic E-state index is 0.0335. The molecule has 0 bridgehead atoms. The van der Waals surface area contributed by atoms with Crippen molar-refractivity contribution in [3.63, 3.8) is 0 Å². The molecule has 0 unspecified atom stereocenters. The molecular weight excluding hydrogens is 601 g/mol. The van der Waals surface area contributed by atoms with E-state index in [1.807, 2.05) is 18.7 Å². The monoisotopic (exact) mass is 634 g/mol. The molecule has 2 aliphatic rings. The fraction of sp³-hybridized carbons (Fsp3) is 0.483. The Morgan fingerprint density at radius 1 is 1.18 bits per heavy atom. The highest BCUT2D eigenvalue weighted by molar-refractivity contribution is 7.16. The molecule has 44 heavy (non-hydrogen) atoms. The van der Waals surface area contributed by atoms with Crippen LogP contribution in [0.2, 0.25) is 0 Å². The number of carboxylic acids is 1. The van der Waals surface area contributed by atoms with Gasteiger partial charge in [-0.1, -0.05) is 11.3 Å². The molecule has 0 aliphatic carbocycles. The maximum Gasteiger partial charge on any atom is 0.419 e. The van der Waals surface area contributed by atoms with Crippen LogP contribution in [0.4, 0.5) is 24.1 Å². The smallest absolute Gasteiger partial charge is 0.419 e. The van der Waals surface area contributed by atoms with Gasteiger partial charge < -0.3 is 19.5 Å². The number of carbonyl (C=O) groups is 2. The number of rotatable bonds is 8. The van der Waals surface area contributed by atoms with E-state index in [2.05, 4.69) is 25.2 Å². The Morgan fingerprint density at radius 2 is 1.93 bits per heavy atom. The molecule has 0 saturated carbocycles. The first-order valence-electron chi connectivity index (χ1n) is 14.1. The van der Waals surface area contributed by atoms with Crippen molar-refractivity contribution >= 4 is 34.2 Å². The summed E-state index contributed by atoms with van der Waals surface area (Å²) in [4.78, 5) is 42.2. The Hall–Kier alpha value is -3.82. The van der Waals surface area contributed by atoms with Crippen molar-refractivity contribution in [1.29, 1.82) is 0 Å². The van der Waals surface area contributed by atoms with E-state index in [4.69, 9.17) is 9.47 Å². The summed E-state index contributed by atoms with van der Waals surface area (Å²) in [5.41, 5.74) is -0.703. The molecular formula is C29H33F3N6O5S. The minimum Gasteiger partial charge on any atom is -0.496 e. The van der Waals surface area contributed by atoms with Crippen LogP contribution >= 0.6 is 11.3 Å². The largest absolute Gasteiger partial charge is 0.496 e. The second kappa shape index (κ2) is 12.7. The number of methoxy groups -OCH3 is 1. The van der Waals surface area contributed by atoms with Crippen molar-refractivity contribution in [3.05, 3.63) is 46.7 Å². The number of hydrogen-bond acceptors (Lipinski definition) is 10. The quantitative estimate of drug-likeness (QED) is 0.357. The number of anilines is 2. The average Bonchev–Trinajstić information content (AvgIpc) is 3.37. The highest BCUT2D eigenvalue weighted by Gasteiger charge is 2.35. The summed E-state index contributed by atoms with van der Waals surface area (Å²) < 4.78 is 52.3. The highest BCUT2D eigenvalue weighted by atomic mass is 32.1. The fourth-order valence-corrected chi connectivity index (χ4v) is 6.41. The van der Waals surface area contributed by atoms with Crippen molar-refractivity contribution in [3.8, 4) is 17.0 Å². The van der Waals surface area contributed by atoms with Gasteiger partial charge in [0.2, 0.25) is 0 Å². The number of aliphatic carboxylic acids is 1. The van der Waals surface area contributed by atoms with Gasteiger partial charge in [-0.25, -0.2) is 15.0 Å². The van der Waals surface area contributed by atoms with Gasteiger partial charge in [-0.3, -0.25) is 19.8 Å². The molecule has 2 aromatic heterocycles. The van der Waals surface area contributed by atoms with E-state index in [-0.39, 0.29) is 33.7 Å². The van der Waals surface area contributed by atoms with Crippen LogP contribution < -0.4 is 15.0 Å². The van der Waals surface area contributed by atoms with E-state index >= 15 is 0 Å². The molecule has 2 N–H and O–H groups in total. The zero-order valence-corrected chi connectivity index (χ0v) is 25.3. The standard InChI is InChI=1S/C29H33F3N6O5S/c1-28(2)16-37(10-11-43-28)15-22-24(18-4-5-21(42-3)19(12-18)29(30,31)32)35-27(44-22)36-25(39)20-13-34-23(14-33-20)38-8-6-17(7-9-38)26(40)41/h4-5,12-14,17H,6-11,15-16H2,1-3H3,(H,40,41)(H,35,36,39). The van der Waals surface area contributed by atoms with E-state index in [0.29, 0.717) is 68.6 Å². The predicted molar refractivity (Wildman–Crippen MR) is 157 cm³/mol. The normalized spacial score (nSPS) is 17.8. The zero-order valence-electron chi connectivity index (χ0n) is 24.5. The number of alkyl halides is 3. The van der Waals surface area contributed by atoms with Crippen molar-refractivity contribution < 1.29 is 37.3 Å². The van der Waals surface area contributed by atoms with E-state index in [1.54, 1.807) is 0 Å². The van der Waals surface area contributed by atoms with Gasteiger partial charge in [-0.15, -0.1) is 0 Å². The summed E-state index contributed by atoms with van der Waals surface area (Å²) in [5.74, 6) is -1.52. The van der Waals surface area contributed by atoms with Gasteiger partial charge >= 0.3 is 12.1 Å². The van der Waals surface area contributed by atoms with Crippen LogP contribution in [0.1, 0.15) is 47.6 Å². The van der Waals surface area contributed by atoms with Crippen LogP contribution in [-0.2, 0) is 22.3 Å². The number of amides is 1. The molecule has 1 aromatic carbocycles. The average molecular weight is 635 g/mol. The lowest BCUT2D eigenvalue weighted by molar-refractivity contribution is -0.142. The molecule has 3 aromatic rings. The number of carbonyl (C=O) groups excluding carboxylic acids is 1. The lowest BCUT2D eigenvalue weighted by Crippen LogP contribution is -2.47. The number of benzene rings is 1. The van der Waals surface area contributed by atoms with E-state index in [9.17, 15) is 27.9 Å². The number of ether oxygens (including phenoxy) is 2. The van der Waals surface area contributed by atoms with Crippen LogP contribution in [-0.4, -0.2) is 82.3 Å². The van der Waals surface area contributed by atoms with Gasteiger partial charge in [0.15, 0.2) is 5.13 Å². The molecule has 0 spiro atoms. The SMILES string of the molecule is COc1ccc(-c2nc(NC(=O)c3cnc(N4CCC(C(=O)O)CC4)cn3)sc2CN2CCOC(C)(C)C2)cc1C(F)(F)F. The van der Waals surface area contributed by atoms with Crippen LogP contribution in [0, 0.1) is 5.92 Å². The summed E-state index contributed by atoms with van der Waals surface area (Å²) in [6.45, 7) is 7.14. The third-order valence-electron chi connectivity index (χ3n) is 7.61. The number of nitrogens with one attached hydrogen (secondary N) is 1. The molecule has 15 heteroatoms. The van der Waals surface area contributed by atoms with E-state index in [1.165, 1.54) is 43.0 Å². The van der Waals surface area contributed by atoms with Gasteiger partial charge in [0.05, 0.1) is 48.9 Å². The number of carboxylic acid groups (broad SMARTS) is 1.